The van der Waals surface area contributed by atoms with Crippen LogP contribution >= 0.6 is 19.3 Å². The Kier molecular flexibility index (Phi) is 2.22. The molecule has 1 N–H and O–H groups in total. The van der Waals surface area contributed by atoms with Crippen LogP contribution < -0.4 is 5.32 Å². The Bertz CT molecular complexity index is 476. The minimum absolute atomic E-state index is 0.0950. The van der Waals surface area contributed by atoms with Gasteiger partial charge in [-0.1, -0.05) is 0 Å². The van der Waals surface area contributed by atoms with Crippen LogP contribution in [0.2, 0.25) is 0 Å². The van der Waals surface area contributed by atoms with Crippen LogP contribution in [0.15, 0.2) is 29.2 Å². The van der Waals surface area contributed by atoms with Gasteiger partial charge >= 0.3 is 78.2 Å². The van der Waals surface area contributed by atoms with E-state index in [0.29, 0.717) is 4.32 Å². The number of hydrogen-bond acceptors (Lipinski definition) is 3. The Morgan fingerprint density at radius 2 is 2.17 bits per heavy atom. The zero-order valence-corrected chi connectivity index (χ0v) is 8.51. The molecule has 1 aliphatic heterocycles. The fraction of sp³-hybridized carbons (Fsp3) is 0. The predicted molar refractivity (Wildman–Crippen MR) is 55.9 cm³/mol. The number of para-hydroxylation sites is 1. The fourth-order valence-corrected chi connectivity index (χ4v) is 3.87. The molecule has 0 unspecified atom stereocenters. The third-order valence-electron chi connectivity index (χ3n) is 1.58. The topological polar surface area (TPSA) is 29.1 Å². The van der Waals surface area contributed by atoms with Gasteiger partial charge in [0.1, 0.15) is 0 Å². The Morgan fingerprint density at radius 1 is 1.42 bits per heavy atom. The number of hydrogen-bond donors (Lipinski definition) is 1. The maximum absolute atomic E-state index is 10.8. The number of thiocarbonyl (C=S) groups is 1. The van der Waals surface area contributed by atoms with E-state index >= 15 is 0 Å². The molecular formula is C7H5NOPS2-. The molecule has 0 spiro atoms. The second-order valence-corrected chi connectivity index (χ2v) is 6.04. The molecule has 2 rings (SSSR count). The molecule has 1 aromatic carbocycles. The van der Waals surface area contributed by atoms with Crippen molar-refractivity contribution in [2.45, 2.75) is 4.90 Å². The van der Waals surface area contributed by atoms with Crippen molar-refractivity contribution in [3.63, 3.8) is 0 Å². The van der Waals surface area contributed by atoms with Crippen LogP contribution in [0.25, 0.3) is 0 Å². The van der Waals surface area contributed by atoms with E-state index in [1.807, 2.05) is 24.3 Å². The normalized spacial score (nSPS) is 15.5. The summed E-state index contributed by atoms with van der Waals surface area (Å²) in [4.78, 5) is 1.05. The van der Waals surface area contributed by atoms with Gasteiger partial charge in [-0.15, -0.1) is 0 Å². The molecule has 0 saturated heterocycles. The summed E-state index contributed by atoms with van der Waals surface area (Å²) in [7, 11) is -0.322. The van der Waals surface area contributed by atoms with Crippen LogP contribution in [0.5, 0.6) is 0 Å². The van der Waals surface area contributed by atoms with E-state index in [1.54, 1.807) is 0 Å². The van der Waals surface area contributed by atoms with Gasteiger partial charge in [-0.3, -0.25) is 0 Å². The summed E-state index contributed by atoms with van der Waals surface area (Å²) in [6, 6.07) is 7.76. The van der Waals surface area contributed by atoms with E-state index in [2.05, 4.69) is 5.32 Å². The van der Waals surface area contributed by atoms with Gasteiger partial charge in [0.15, 0.2) is 0 Å². The molecule has 0 aliphatic carbocycles. The van der Waals surface area contributed by atoms with Crippen molar-refractivity contribution in [1.82, 2.24) is 0 Å². The van der Waals surface area contributed by atoms with Gasteiger partial charge in [-0.2, -0.15) is 0 Å². The summed E-state index contributed by atoms with van der Waals surface area (Å²) in [6.07, 6.45) is 0. The molecule has 62 valence electrons. The third-order valence-corrected chi connectivity index (χ3v) is 5.51. The van der Waals surface area contributed by atoms with Gasteiger partial charge in [0.25, 0.3) is 0 Å². The average Bonchev–Trinajstić information content (AvgIpc) is 2.40. The van der Waals surface area contributed by atoms with E-state index in [1.165, 1.54) is 0 Å². The molecule has 1 heterocycles. The predicted octanol–water partition coefficient (Wildman–Crippen LogP) is 2.58. The zero-order valence-electron chi connectivity index (χ0n) is 5.98. The Morgan fingerprint density at radius 3 is 2.92 bits per heavy atom. The van der Waals surface area contributed by atoms with Gasteiger partial charge in [-0.05, 0) is 0 Å². The minimum atomic E-state index is -0.417. The molecule has 0 atom stereocenters. The molecular weight excluding hydrogens is 209 g/mol. The molecule has 12 heavy (non-hydrogen) atoms. The molecule has 0 radical (unpaired) electrons. The van der Waals surface area contributed by atoms with Gasteiger partial charge in [-0.25, -0.2) is 0 Å². The molecule has 2 nitrogen and oxygen atoms in total. The summed E-state index contributed by atoms with van der Waals surface area (Å²) in [5, 5.41) is 3.04. The summed E-state index contributed by atoms with van der Waals surface area (Å²) in [5.41, 5.74) is 0.995. The number of fused-ring (bicyclic) bond motifs is 1. The van der Waals surface area contributed by atoms with E-state index in [-0.39, 0.29) is 7.03 Å². The number of nitrogens with one attached hydrogen (secondary N) is 1. The van der Waals surface area contributed by atoms with Crippen molar-refractivity contribution in [3.05, 3.63) is 24.3 Å². The Hall–Kier alpha value is -0.310. The van der Waals surface area contributed by atoms with Crippen molar-refractivity contribution in [2.75, 3.05) is 5.32 Å². The molecule has 0 fully saturated rings. The first kappa shape index (κ1) is 8.30. The van der Waals surface area contributed by atoms with Gasteiger partial charge in [0, 0.05) is 0 Å². The summed E-state index contributed by atoms with van der Waals surface area (Å²) < 4.78 is 11.4. The first-order valence-corrected chi connectivity index (χ1v) is 6.36. The van der Waals surface area contributed by atoms with Gasteiger partial charge < -0.3 is 0 Å². The van der Waals surface area contributed by atoms with Crippen LogP contribution in [-0.4, -0.2) is 4.32 Å². The number of benzene rings is 1. The standard InChI is InChI=1S/C7H5NOPS2/c9-10-12-6-4-2-1-3-5(6)8-7(12)11/h1-4H,(H,8,11)/q-1. The third kappa shape index (κ3) is 1.20. The SMILES string of the molecule is O=P#[S-]1C(=S)Nc2ccccc21. The monoisotopic (exact) mass is 214 g/mol. The molecule has 0 aromatic heterocycles. The first-order valence-electron chi connectivity index (χ1n) is 3.30. The van der Waals surface area contributed by atoms with E-state index in [4.69, 9.17) is 12.2 Å². The molecule has 1 aromatic rings. The van der Waals surface area contributed by atoms with Crippen LogP contribution in [0.1, 0.15) is 0 Å². The van der Waals surface area contributed by atoms with E-state index in [9.17, 15) is 4.57 Å². The number of rotatable bonds is 0. The second kappa shape index (κ2) is 3.21. The molecule has 5 heteroatoms. The van der Waals surface area contributed by atoms with Crippen molar-refractivity contribution in [3.8, 4) is 0 Å². The van der Waals surface area contributed by atoms with Crippen LogP contribution in [-0.2, 0) is 14.4 Å². The van der Waals surface area contributed by atoms with Crippen molar-refractivity contribution in [2.24, 2.45) is 0 Å². The average molecular weight is 214 g/mol. The molecule has 0 saturated carbocycles. The first-order chi connectivity index (χ1) is 5.83. The van der Waals surface area contributed by atoms with Crippen molar-refractivity contribution < 1.29 is 4.57 Å². The van der Waals surface area contributed by atoms with Crippen molar-refractivity contribution >= 4 is 39.1 Å². The molecule has 1 aliphatic rings. The Balaban J connectivity index is 2.76. The van der Waals surface area contributed by atoms with E-state index < -0.39 is 9.87 Å². The van der Waals surface area contributed by atoms with E-state index in [0.717, 1.165) is 10.6 Å². The van der Waals surface area contributed by atoms with Crippen LogP contribution in [0, 0.1) is 0 Å². The zero-order chi connectivity index (χ0) is 8.55. The van der Waals surface area contributed by atoms with Gasteiger partial charge in [0.05, 0.1) is 0 Å². The Labute approximate surface area is 78.4 Å². The summed E-state index contributed by atoms with van der Waals surface area (Å²) >= 11 is 5.04. The second-order valence-electron chi connectivity index (χ2n) is 2.27. The quantitative estimate of drug-likeness (QED) is 0.311. The van der Waals surface area contributed by atoms with Crippen molar-refractivity contribution in [1.29, 1.82) is 0 Å². The van der Waals surface area contributed by atoms with Crippen LogP contribution in [0.4, 0.5) is 5.69 Å². The van der Waals surface area contributed by atoms with Crippen LogP contribution in [0.3, 0.4) is 0 Å². The molecule has 0 amide bonds. The number of anilines is 1. The molecule has 0 bridgehead atoms. The maximum atomic E-state index is 10.8. The van der Waals surface area contributed by atoms with Gasteiger partial charge in [0.2, 0.25) is 0 Å². The summed E-state index contributed by atoms with van der Waals surface area (Å²) in [6.45, 7) is 0. The fourth-order valence-electron chi connectivity index (χ4n) is 1.07. The summed E-state index contributed by atoms with van der Waals surface area (Å²) in [5.74, 6) is 0.